The zero-order chi connectivity index (χ0) is 30.4. The SMILES string of the molecule is O=P(c1ccc(-c2ccccn2)nc1)(c1ccc2ccc3cccc4ccc1c2c34)c1ccc2ccc3cccc4ccc1c2c34. The lowest BCUT2D eigenvalue weighted by Crippen LogP contribution is -2.27. The van der Waals surface area contributed by atoms with E-state index >= 15 is 4.57 Å². The van der Waals surface area contributed by atoms with Gasteiger partial charge in [0.1, 0.15) is 0 Å². The highest BCUT2D eigenvalue weighted by atomic mass is 31.2. The zero-order valence-corrected chi connectivity index (χ0v) is 25.6. The molecule has 0 unspecified atom stereocenters. The Kier molecular flexibility index (Phi) is 5.27. The number of benzene rings is 8. The number of hydrogen-bond donors (Lipinski definition) is 0. The molecule has 0 saturated heterocycles. The van der Waals surface area contributed by atoms with E-state index in [1.165, 1.54) is 32.3 Å². The van der Waals surface area contributed by atoms with Crippen LogP contribution in [0.3, 0.4) is 0 Å². The predicted molar refractivity (Wildman–Crippen MR) is 194 cm³/mol. The molecule has 46 heavy (non-hydrogen) atoms. The average Bonchev–Trinajstić information content (AvgIpc) is 3.13. The molecule has 8 aromatic carbocycles. The molecule has 0 spiro atoms. The van der Waals surface area contributed by atoms with Crippen molar-refractivity contribution in [2.24, 2.45) is 0 Å². The van der Waals surface area contributed by atoms with Crippen molar-refractivity contribution in [2.75, 3.05) is 0 Å². The minimum atomic E-state index is -3.49. The lowest BCUT2D eigenvalue weighted by atomic mass is 9.94. The minimum Gasteiger partial charge on any atom is -0.309 e. The van der Waals surface area contributed by atoms with Crippen molar-refractivity contribution in [3.63, 3.8) is 0 Å². The van der Waals surface area contributed by atoms with Crippen molar-refractivity contribution in [1.29, 1.82) is 0 Å². The second kappa shape index (κ2) is 9.44. The second-order valence-corrected chi connectivity index (χ2v) is 14.8. The van der Waals surface area contributed by atoms with E-state index in [0.29, 0.717) is 5.30 Å². The van der Waals surface area contributed by atoms with Gasteiger partial charge in [-0.05, 0) is 101 Å². The number of aromatic nitrogens is 2. The molecule has 0 aliphatic heterocycles. The van der Waals surface area contributed by atoms with Crippen LogP contribution >= 0.6 is 7.14 Å². The molecule has 0 saturated carbocycles. The lowest BCUT2D eigenvalue weighted by Gasteiger charge is -2.25. The van der Waals surface area contributed by atoms with E-state index < -0.39 is 7.14 Å². The van der Waals surface area contributed by atoms with Crippen LogP contribution in [0.2, 0.25) is 0 Å². The molecule has 0 N–H and O–H groups in total. The smallest absolute Gasteiger partial charge is 0.173 e. The van der Waals surface area contributed by atoms with E-state index in [-0.39, 0.29) is 0 Å². The Balaban J connectivity index is 1.33. The van der Waals surface area contributed by atoms with Crippen LogP contribution < -0.4 is 15.9 Å². The molecule has 10 aromatic rings. The third-order valence-corrected chi connectivity index (χ3v) is 12.9. The average molecular weight is 605 g/mol. The second-order valence-electron chi connectivity index (χ2n) is 12.1. The Morgan fingerprint density at radius 2 is 0.870 bits per heavy atom. The summed E-state index contributed by atoms with van der Waals surface area (Å²) in [6, 6.07) is 48.5. The monoisotopic (exact) mass is 604 g/mol. The summed E-state index contributed by atoms with van der Waals surface area (Å²) in [4.78, 5) is 9.36. The van der Waals surface area contributed by atoms with Gasteiger partial charge in [-0.3, -0.25) is 9.97 Å². The maximum atomic E-state index is 16.5. The third kappa shape index (κ3) is 3.46. The molecule has 0 fully saturated rings. The van der Waals surface area contributed by atoms with Crippen LogP contribution in [0.15, 0.2) is 152 Å². The zero-order valence-electron chi connectivity index (χ0n) is 24.7. The van der Waals surface area contributed by atoms with Crippen molar-refractivity contribution in [3.05, 3.63) is 152 Å². The van der Waals surface area contributed by atoms with Gasteiger partial charge in [0, 0.05) is 28.3 Å². The Morgan fingerprint density at radius 3 is 1.35 bits per heavy atom. The molecule has 10 rings (SSSR count). The van der Waals surface area contributed by atoms with Gasteiger partial charge in [-0.15, -0.1) is 0 Å². The number of pyridine rings is 2. The van der Waals surface area contributed by atoms with Crippen LogP contribution in [0.4, 0.5) is 0 Å². The topological polar surface area (TPSA) is 42.9 Å². The summed E-state index contributed by atoms with van der Waals surface area (Å²) in [6.45, 7) is 0. The van der Waals surface area contributed by atoms with Crippen molar-refractivity contribution < 1.29 is 4.57 Å². The van der Waals surface area contributed by atoms with E-state index in [4.69, 9.17) is 4.98 Å². The van der Waals surface area contributed by atoms with Crippen molar-refractivity contribution in [2.45, 2.75) is 0 Å². The molecule has 0 radical (unpaired) electrons. The molecule has 0 aliphatic rings. The molecule has 0 amide bonds. The molecular formula is C42H25N2OP. The summed E-state index contributed by atoms with van der Waals surface area (Å²) in [5.74, 6) is 0. The summed E-state index contributed by atoms with van der Waals surface area (Å²) >= 11 is 0. The number of rotatable bonds is 4. The molecule has 2 aromatic heterocycles. The summed E-state index contributed by atoms with van der Waals surface area (Å²) < 4.78 is 16.5. The molecule has 0 aliphatic carbocycles. The van der Waals surface area contributed by atoms with Crippen LogP contribution in [0, 0.1) is 0 Å². The Bertz CT molecular complexity index is 2640. The largest absolute Gasteiger partial charge is 0.309 e. The first kappa shape index (κ1) is 25.7. The van der Waals surface area contributed by atoms with Gasteiger partial charge in [0.15, 0.2) is 7.14 Å². The third-order valence-electron chi connectivity index (χ3n) is 9.73. The van der Waals surface area contributed by atoms with Crippen LogP contribution in [0.1, 0.15) is 0 Å². The fourth-order valence-corrected chi connectivity index (χ4v) is 10.6. The number of nitrogens with zero attached hydrogens (tertiary/aromatic N) is 2. The standard InChI is InChI=1S/C42H25N2OP/c45-46(32-18-21-36(44-25-32)35-9-1-2-24-43-35,37-22-16-30-12-10-26-5-3-7-28-14-19-33(37)41(30)39(26)28)38-23-17-31-13-11-27-6-4-8-29-15-20-34(38)42(31)40(27)29/h1-25H. The maximum absolute atomic E-state index is 16.5. The van der Waals surface area contributed by atoms with Crippen molar-refractivity contribution >= 4 is 87.7 Å². The molecule has 0 atom stereocenters. The fraction of sp³-hybridized carbons (Fsp3) is 0. The first-order valence-electron chi connectivity index (χ1n) is 15.5. The Labute approximate surface area is 264 Å². The van der Waals surface area contributed by atoms with Crippen LogP contribution in [0.25, 0.3) is 76.0 Å². The minimum absolute atomic E-state index is 0.706. The van der Waals surface area contributed by atoms with Gasteiger partial charge < -0.3 is 4.57 Å². The van der Waals surface area contributed by atoms with E-state index in [9.17, 15) is 0 Å². The van der Waals surface area contributed by atoms with Crippen LogP contribution in [-0.4, -0.2) is 9.97 Å². The normalized spacial score (nSPS) is 12.4. The van der Waals surface area contributed by atoms with Gasteiger partial charge in [-0.1, -0.05) is 103 Å². The van der Waals surface area contributed by atoms with Gasteiger partial charge in [0.2, 0.25) is 0 Å². The first-order valence-corrected chi connectivity index (χ1v) is 17.2. The van der Waals surface area contributed by atoms with Crippen molar-refractivity contribution in [1.82, 2.24) is 9.97 Å². The van der Waals surface area contributed by atoms with E-state index in [2.05, 4.69) is 114 Å². The molecule has 0 bridgehead atoms. The lowest BCUT2D eigenvalue weighted by molar-refractivity contribution is 0.592. The number of hydrogen-bond acceptors (Lipinski definition) is 3. The Morgan fingerprint density at radius 1 is 0.391 bits per heavy atom. The summed E-state index contributed by atoms with van der Waals surface area (Å²) in [5.41, 5.74) is 1.54. The highest BCUT2D eigenvalue weighted by Gasteiger charge is 2.34. The first-order chi connectivity index (χ1) is 22.7. The van der Waals surface area contributed by atoms with Gasteiger partial charge in [0.05, 0.1) is 11.4 Å². The molecule has 4 heteroatoms. The van der Waals surface area contributed by atoms with Gasteiger partial charge in [0.25, 0.3) is 0 Å². The maximum Gasteiger partial charge on any atom is 0.173 e. The molecule has 214 valence electrons. The highest BCUT2D eigenvalue weighted by Crippen LogP contribution is 2.49. The van der Waals surface area contributed by atoms with E-state index in [0.717, 1.165) is 54.3 Å². The van der Waals surface area contributed by atoms with Crippen molar-refractivity contribution in [3.8, 4) is 11.4 Å². The predicted octanol–water partition coefficient (Wildman–Crippen LogP) is 9.58. The fourth-order valence-electron chi connectivity index (χ4n) is 7.64. The van der Waals surface area contributed by atoms with Gasteiger partial charge in [-0.2, -0.15) is 0 Å². The van der Waals surface area contributed by atoms with Crippen LogP contribution in [-0.2, 0) is 4.57 Å². The quantitative estimate of drug-likeness (QED) is 0.148. The molecule has 2 heterocycles. The van der Waals surface area contributed by atoms with Crippen LogP contribution in [0.5, 0.6) is 0 Å². The van der Waals surface area contributed by atoms with E-state index in [1.807, 2.05) is 30.3 Å². The summed E-state index contributed by atoms with van der Waals surface area (Å²) in [5, 5.41) is 16.2. The molecule has 3 nitrogen and oxygen atoms in total. The van der Waals surface area contributed by atoms with Gasteiger partial charge in [-0.25, -0.2) is 0 Å². The highest BCUT2D eigenvalue weighted by molar-refractivity contribution is 7.86. The Hall–Kier alpha value is -5.63. The molecular weight excluding hydrogens is 579 g/mol. The summed E-state index contributed by atoms with van der Waals surface area (Å²) in [6.07, 6.45) is 3.58. The summed E-state index contributed by atoms with van der Waals surface area (Å²) in [7, 11) is -3.49. The van der Waals surface area contributed by atoms with E-state index in [1.54, 1.807) is 12.4 Å². The van der Waals surface area contributed by atoms with Gasteiger partial charge >= 0.3 is 0 Å².